The molecule has 1 atom stereocenters. The zero-order valence-corrected chi connectivity index (χ0v) is 18.8. The van der Waals surface area contributed by atoms with Gasteiger partial charge >= 0.3 is 5.97 Å². The van der Waals surface area contributed by atoms with Gasteiger partial charge in [0.25, 0.3) is 11.8 Å². The smallest absolute Gasteiger partial charge is 0.329 e. The van der Waals surface area contributed by atoms with Crippen molar-refractivity contribution >= 4 is 29.4 Å². The maximum absolute atomic E-state index is 13.5. The minimum absolute atomic E-state index is 0.0246. The standard InChI is InChI=1S/C24H25N3O7/c1-13(28)34-26-21(30)11-18(15-8-9-20(33-2)19(29)10-15)27-12-16-4-3-5-17(22(16)24(27)32)25-23(31)14-6-7-14/h3-5,8-10,14,18,29H,6-7,11-12H2,1-2H3,(H,25,31)(H,26,30). The van der Waals surface area contributed by atoms with Gasteiger partial charge < -0.3 is 24.9 Å². The summed E-state index contributed by atoms with van der Waals surface area (Å²) >= 11 is 0. The van der Waals surface area contributed by atoms with E-state index < -0.39 is 17.9 Å². The molecule has 0 aromatic heterocycles. The van der Waals surface area contributed by atoms with Crippen LogP contribution in [0.4, 0.5) is 5.69 Å². The topological polar surface area (TPSA) is 134 Å². The Labute approximate surface area is 195 Å². The number of hydroxylamine groups is 1. The van der Waals surface area contributed by atoms with Gasteiger partial charge in [-0.15, -0.1) is 0 Å². The Kier molecular flexibility index (Phi) is 6.40. The molecule has 1 fully saturated rings. The van der Waals surface area contributed by atoms with Crippen LogP contribution in [0, 0.1) is 5.92 Å². The van der Waals surface area contributed by atoms with Crippen molar-refractivity contribution in [2.24, 2.45) is 5.92 Å². The molecule has 1 unspecified atom stereocenters. The molecule has 178 valence electrons. The molecule has 1 aliphatic heterocycles. The molecule has 0 radical (unpaired) electrons. The van der Waals surface area contributed by atoms with Crippen LogP contribution in [-0.2, 0) is 25.8 Å². The molecule has 2 aromatic carbocycles. The summed E-state index contributed by atoms with van der Waals surface area (Å²) in [5.41, 5.74) is 4.07. The Morgan fingerprint density at radius 3 is 2.62 bits per heavy atom. The zero-order chi connectivity index (χ0) is 24.4. The molecule has 34 heavy (non-hydrogen) atoms. The fourth-order valence-electron chi connectivity index (χ4n) is 3.99. The molecule has 4 rings (SSSR count). The molecule has 2 aliphatic rings. The molecule has 10 heteroatoms. The average Bonchev–Trinajstić information content (AvgIpc) is 3.60. The second-order valence-electron chi connectivity index (χ2n) is 8.31. The number of rotatable bonds is 7. The predicted molar refractivity (Wildman–Crippen MR) is 120 cm³/mol. The number of ether oxygens (including phenoxy) is 1. The highest BCUT2D eigenvalue weighted by atomic mass is 16.7. The summed E-state index contributed by atoms with van der Waals surface area (Å²) in [7, 11) is 1.41. The van der Waals surface area contributed by atoms with Crippen molar-refractivity contribution in [3.63, 3.8) is 0 Å². The van der Waals surface area contributed by atoms with Crippen LogP contribution in [0.1, 0.15) is 53.7 Å². The maximum atomic E-state index is 13.5. The summed E-state index contributed by atoms with van der Waals surface area (Å²) < 4.78 is 5.09. The first-order chi connectivity index (χ1) is 16.3. The van der Waals surface area contributed by atoms with Gasteiger partial charge in [-0.3, -0.25) is 19.2 Å². The van der Waals surface area contributed by atoms with E-state index in [1.807, 2.05) is 0 Å². The van der Waals surface area contributed by atoms with Crippen molar-refractivity contribution in [1.82, 2.24) is 10.4 Å². The minimum atomic E-state index is -0.792. The Morgan fingerprint density at radius 2 is 1.97 bits per heavy atom. The number of amides is 3. The van der Waals surface area contributed by atoms with Crippen molar-refractivity contribution in [2.75, 3.05) is 12.4 Å². The van der Waals surface area contributed by atoms with Gasteiger partial charge in [-0.05, 0) is 42.2 Å². The first-order valence-electron chi connectivity index (χ1n) is 10.9. The largest absolute Gasteiger partial charge is 0.504 e. The van der Waals surface area contributed by atoms with E-state index in [1.165, 1.54) is 24.1 Å². The van der Waals surface area contributed by atoms with Gasteiger partial charge in [0, 0.05) is 19.4 Å². The first kappa shape index (κ1) is 23.1. The summed E-state index contributed by atoms with van der Waals surface area (Å²) in [5.74, 6) is -1.71. The fourth-order valence-corrected chi connectivity index (χ4v) is 3.99. The molecule has 2 aromatic rings. The van der Waals surface area contributed by atoms with Crippen molar-refractivity contribution in [1.29, 1.82) is 0 Å². The lowest BCUT2D eigenvalue weighted by atomic mass is 10.0. The third kappa shape index (κ3) is 4.80. The monoisotopic (exact) mass is 467 g/mol. The number of methoxy groups -OCH3 is 1. The molecule has 1 aliphatic carbocycles. The predicted octanol–water partition coefficient (Wildman–Crippen LogP) is 2.43. The number of nitrogens with one attached hydrogen (secondary N) is 2. The lowest BCUT2D eigenvalue weighted by Gasteiger charge is -2.28. The van der Waals surface area contributed by atoms with Crippen molar-refractivity contribution in [3.8, 4) is 11.5 Å². The van der Waals surface area contributed by atoms with E-state index in [0.29, 0.717) is 22.4 Å². The van der Waals surface area contributed by atoms with Crippen molar-refractivity contribution in [3.05, 3.63) is 53.1 Å². The third-order valence-electron chi connectivity index (χ3n) is 5.82. The number of anilines is 1. The normalized spacial score (nSPS) is 15.4. The van der Waals surface area contributed by atoms with Crippen LogP contribution in [-0.4, -0.2) is 40.8 Å². The number of carbonyl (C=O) groups excluding carboxylic acids is 4. The van der Waals surface area contributed by atoms with Gasteiger partial charge in [0.2, 0.25) is 5.91 Å². The molecule has 0 saturated heterocycles. The van der Waals surface area contributed by atoms with Gasteiger partial charge in [-0.25, -0.2) is 0 Å². The summed E-state index contributed by atoms with van der Waals surface area (Å²) in [6.45, 7) is 1.34. The number of hydrogen-bond donors (Lipinski definition) is 3. The molecule has 1 heterocycles. The quantitative estimate of drug-likeness (QED) is 0.533. The highest BCUT2D eigenvalue weighted by molar-refractivity contribution is 6.07. The van der Waals surface area contributed by atoms with Crippen LogP contribution in [0.5, 0.6) is 11.5 Å². The van der Waals surface area contributed by atoms with Crippen LogP contribution in [0.15, 0.2) is 36.4 Å². The Bertz CT molecular complexity index is 1160. The Hall–Kier alpha value is -4.08. The van der Waals surface area contributed by atoms with Crippen molar-refractivity contribution < 1.29 is 33.9 Å². The van der Waals surface area contributed by atoms with Gasteiger partial charge in [0.05, 0.1) is 30.8 Å². The number of benzene rings is 2. The van der Waals surface area contributed by atoms with E-state index in [4.69, 9.17) is 4.74 Å². The van der Waals surface area contributed by atoms with Crippen LogP contribution < -0.4 is 15.5 Å². The second-order valence-corrected chi connectivity index (χ2v) is 8.31. The Balaban J connectivity index is 1.64. The highest BCUT2D eigenvalue weighted by Gasteiger charge is 2.38. The van der Waals surface area contributed by atoms with Crippen LogP contribution in [0.3, 0.4) is 0 Å². The van der Waals surface area contributed by atoms with Crippen LogP contribution >= 0.6 is 0 Å². The van der Waals surface area contributed by atoms with Crippen molar-refractivity contribution in [2.45, 2.75) is 38.8 Å². The lowest BCUT2D eigenvalue weighted by molar-refractivity contribution is -0.156. The average molecular weight is 467 g/mol. The number of nitrogens with zero attached hydrogens (tertiary/aromatic N) is 1. The van der Waals surface area contributed by atoms with E-state index >= 15 is 0 Å². The van der Waals surface area contributed by atoms with E-state index in [1.54, 1.807) is 24.3 Å². The second kappa shape index (κ2) is 9.42. The lowest BCUT2D eigenvalue weighted by Crippen LogP contribution is -2.35. The first-order valence-corrected chi connectivity index (χ1v) is 10.9. The summed E-state index contributed by atoms with van der Waals surface area (Å²) in [6.07, 6.45) is 1.44. The highest BCUT2D eigenvalue weighted by Crippen LogP contribution is 2.39. The van der Waals surface area contributed by atoms with Gasteiger partial charge in [-0.1, -0.05) is 18.2 Å². The number of aromatic hydroxyl groups is 1. The molecule has 0 spiro atoms. The maximum Gasteiger partial charge on any atom is 0.329 e. The summed E-state index contributed by atoms with van der Waals surface area (Å²) in [6, 6.07) is 9.06. The number of carbonyl (C=O) groups is 4. The zero-order valence-electron chi connectivity index (χ0n) is 18.8. The van der Waals surface area contributed by atoms with Crippen LogP contribution in [0.2, 0.25) is 0 Å². The number of phenols is 1. The molecular formula is C24H25N3O7. The number of hydrogen-bond acceptors (Lipinski definition) is 7. The minimum Gasteiger partial charge on any atom is -0.504 e. The van der Waals surface area contributed by atoms with Gasteiger partial charge in [0.1, 0.15) is 0 Å². The summed E-state index contributed by atoms with van der Waals surface area (Å²) in [4.78, 5) is 55.5. The molecule has 0 bridgehead atoms. The molecule has 3 N–H and O–H groups in total. The van der Waals surface area contributed by atoms with Crippen LogP contribution in [0.25, 0.3) is 0 Å². The van der Waals surface area contributed by atoms with E-state index in [-0.39, 0.29) is 42.2 Å². The van der Waals surface area contributed by atoms with Gasteiger partial charge in [0.15, 0.2) is 11.5 Å². The number of fused-ring (bicyclic) bond motifs is 1. The SMILES string of the molecule is COc1ccc(C(CC(=O)NOC(C)=O)N2Cc3cccc(NC(=O)C4CC4)c3C2=O)cc1O. The molecule has 10 nitrogen and oxygen atoms in total. The molecule has 3 amide bonds. The third-order valence-corrected chi connectivity index (χ3v) is 5.82. The number of phenolic OH excluding ortho intramolecular Hbond substituents is 1. The van der Waals surface area contributed by atoms with E-state index in [9.17, 15) is 24.3 Å². The molecule has 1 saturated carbocycles. The fraction of sp³-hybridized carbons (Fsp3) is 0.333. The van der Waals surface area contributed by atoms with E-state index in [2.05, 4.69) is 15.6 Å². The van der Waals surface area contributed by atoms with Gasteiger partial charge in [-0.2, -0.15) is 5.48 Å². The molecular weight excluding hydrogens is 442 g/mol. The van der Waals surface area contributed by atoms with E-state index in [0.717, 1.165) is 19.8 Å². The Morgan fingerprint density at radius 1 is 1.21 bits per heavy atom. The summed E-state index contributed by atoms with van der Waals surface area (Å²) in [5, 5.41) is 13.1.